The van der Waals surface area contributed by atoms with Gasteiger partial charge >= 0.3 is 0 Å². The van der Waals surface area contributed by atoms with Crippen molar-refractivity contribution in [3.8, 4) is 11.5 Å². The molecule has 2 aliphatic rings. The number of carbonyl (C=O) groups is 2. The summed E-state index contributed by atoms with van der Waals surface area (Å²) in [7, 11) is 1.56. The zero-order chi connectivity index (χ0) is 25.5. The van der Waals surface area contributed by atoms with Crippen LogP contribution in [0.15, 0.2) is 54.1 Å². The quantitative estimate of drug-likeness (QED) is 0.234. The van der Waals surface area contributed by atoms with Gasteiger partial charge in [-0.05, 0) is 48.4 Å². The van der Waals surface area contributed by atoms with E-state index in [-0.39, 0.29) is 11.3 Å². The summed E-state index contributed by atoms with van der Waals surface area (Å²) in [5, 5.41) is 11.2. The van der Waals surface area contributed by atoms with Gasteiger partial charge < -0.3 is 24.2 Å². The van der Waals surface area contributed by atoms with E-state index in [2.05, 4.69) is 11.8 Å². The topological polar surface area (TPSA) is 88.5 Å². The van der Waals surface area contributed by atoms with Crippen molar-refractivity contribution < 1.29 is 28.9 Å². The van der Waals surface area contributed by atoms with Crippen molar-refractivity contribution in [2.24, 2.45) is 0 Å². The summed E-state index contributed by atoms with van der Waals surface area (Å²) in [5.41, 5.74) is 1.28. The second-order valence-electron chi connectivity index (χ2n) is 8.95. The van der Waals surface area contributed by atoms with Crippen LogP contribution in [0.1, 0.15) is 36.9 Å². The largest absolute Gasteiger partial charge is 0.507 e. The molecule has 0 aliphatic carbocycles. The van der Waals surface area contributed by atoms with Crippen molar-refractivity contribution in [3.05, 3.63) is 65.2 Å². The van der Waals surface area contributed by atoms with Gasteiger partial charge in [0.05, 0.1) is 38.5 Å². The van der Waals surface area contributed by atoms with Crippen LogP contribution in [0.3, 0.4) is 0 Å². The van der Waals surface area contributed by atoms with E-state index >= 15 is 0 Å². The number of aliphatic hydroxyl groups excluding tert-OH is 1. The van der Waals surface area contributed by atoms with Crippen molar-refractivity contribution in [2.45, 2.75) is 25.8 Å². The average Bonchev–Trinajstić information content (AvgIpc) is 3.17. The monoisotopic (exact) mass is 494 g/mol. The predicted octanol–water partition coefficient (Wildman–Crippen LogP) is 3.63. The normalized spacial score (nSPS) is 20.1. The molecule has 36 heavy (non-hydrogen) atoms. The van der Waals surface area contributed by atoms with Gasteiger partial charge in [0, 0.05) is 31.7 Å². The molecule has 2 heterocycles. The van der Waals surface area contributed by atoms with Gasteiger partial charge in [0.2, 0.25) is 0 Å². The number of unbranched alkanes of at least 4 members (excludes halogenated alkanes) is 1. The summed E-state index contributed by atoms with van der Waals surface area (Å²) in [6.07, 6.45) is 2.01. The molecule has 0 aromatic heterocycles. The molecule has 0 radical (unpaired) electrons. The van der Waals surface area contributed by atoms with Gasteiger partial charge in [-0.2, -0.15) is 0 Å². The van der Waals surface area contributed by atoms with E-state index in [9.17, 15) is 14.7 Å². The number of amides is 1. The van der Waals surface area contributed by atoms with Gasteiger partial charge in [0.25, 0.3) is 11.7 Å². The molecule has 1 amide bonds. The molecule has 2 saturated heterocycles. The molecule has 192 valence electrons. The smallest absolute Gasteiger partial charge is 0.295 e. The number of hydrogen-bond donors (Lipinski definition) is 1. The second-order valence-corrected chi connectivity index (χ2v) is 8.95. The van der Waals surface area contributed by atoms with Gasteiger partial charge in [-0.1, -0.05) is 25.5 Å². The number of benzene rings is 2. The van der Waals surface area contributed by atoms with Crippen molar-refractivity contribution in [1.82, 2.24) is 9.80 Å². The Bertz CT molecular complexity index is 1070. The van der Waals surface area contributed by atoms with E-state index in [4.69, 9.17) is 14.2 Å². The number of Topliss-reactive ketones (excluding diaryl/α,β-unsaturated/α-hetero) is 1. The Kier molecular flexibility index (Phi) is 8.61. The van der Waals surface area contributed by atoms with Crippen LogP contribution in [0.2, 0.25) is 0 Å². The Morgan fingerprint density at radius 2 is 1.67 bits per heavy atom. The van der Waals surface area contributed by atoms with E-state index in [0.717, 1.165) is 37.2 Å². The Balaban J connectivity index is 1.67. The molecule has 1 unspecified atom stereocenters. The fourth-order valence-electron chi connectivity index (χ4n) is 4.52. The van der Waals surface area contributed by atoms with Crippen LogP contribution in [0, 0.1) is 0 Å². The number of aliphatic hydroxyl groups is 1. The van der Waals surface area contributed by atoms with E-state index in [1.807, 2.05) is 24.3 Å². The Labute approximate surface area is 212 Å². The Morgan fingerprint density at radius 3 is 2.31 bits per heavy atom. The first kappa shape index (κ1) is 25.7. The molecular weight excluding hydrogens is 460 g/mol. The van der Waals surface area contributed by atoms with E-state index < -0.39 is 17.7 Å². The van der Waals surface area contributed by atoms with Crippen molar-refractivity contribution in [2.75, 3.05) is 53.1 Å². The number of ether oxygens (including phenoxy) is 3. The molecule has 4 rings (SSSR count). The molecule has 1 atom stereocenters. The molecule has 0 saturated carbocycles. The fraction of sp³-hybridized carbons (Fsp3) is 0.429. The molecule has 8 heteroatoms. The summed E-state index contributed by atoms with van der Waals surface area (Å²) >= 11 is 0. The third kappa shape index (κ3) is 5.71. The van der Waals surface area contributed by atoms with Crippen LogP contribution in [0.5, 0.6) is 11.5 Å². The zero-order valence-electron chi connectivity index (χ0n) is 20.9. The highest BCUT2D eigenvalue weighted by atomic mass is 16.5. The highest BCUT2D eigenvalue weighted by Crippen LogP contribution is 2.40. The minimum atomic E-state index is -0.696. The highest BCUT2D eigenvalue weighted by Gasteiger charge is 2.46. The van der Waals surface area contributed by atoms with Gasteiger partial charge in [-0.25, -0.2) is 0 Å². The second kappa shape index (κ2) is 12.1. The lowest BCUT2D eigenvalue weighted by Gasteiger charge is -2.31. The van der Waals surface area contributed by atoms with Crippen LogP contribution in [0.25, 0.3) is 5.76 Å². The van der Waals surface area contributed by atoms with Gasteiger partial charge in [-0.15, -0.1) is 0 Å². The number of carbonyl (C=O) groups excluding carboxylic acids is 2. The Hall–Kier alpha value is -3.36. The number of morpholine rings is 1. The average molecular weight is 495 g/mol. The minimum absolute atomic E-state index is 0.0896. The first-order valence-corrected chi connectivity index (χ1v) is 12.5. The molecule has 2 aliphatic heterocycles. The zero-order valence-corrected chi connectivity index (χ0v) is 20.9. The highest BCUT2D eigenvalue weighted by molar-refractivity contribution is 6.46. The van der Waals surface area contributed by atoms with Gasteiger partial charge in [0.15, 0.2) is 0 Å². The van der Waals surface area contributed by atoms with Crippen LogP contribution < -0.4 is 9.47 Å². The summed E-state index contributed by atoms with van der Waals surface area (Å²) < 4.78 is 16.4. The fourth-order valence-corrected chi connectivity index (χ4v) is 4.52. The maximum absolute atomic E-state index is 13.2. The summed E-state index contributed by atoms with van der Waals surface area (Å²) in [6, 6.07) is 13.5. The lowest BCUT2D eigenvalue weighted by molar-refractivity contribution is -0.140. The summed E-state index contributed by atoms with van der Waals surface area (Å²) in [6.45, 7) is 6.59. The van der Waals surface area contributed by atoms with E-state index in [1.165, 1.54) is 0 Å². The third-order valence-corrected chi connectivity index (χ3v) is 6.63. The molecule has 0 bridgehead atoms. The van der Waals surface area contributed by atoms with Crippen molar-refractivity contribution in [1.29, 1.82) is 0 Å². The lowest BCUT2D eigenvalue weighted by Crippen LogP contribution is -2.42. The number of rotatable bonds is 10. The van der Waals surface area contributed by atoms with E-state index in [0.29, 0.717) is 44.2 Å². The van der Waals surface area contributed by atoms with Crippen LogP contribution >= 0.6 is 0 Å². The molecular formula is C28H34N2O6. The number of methoxy groups -OCH3 is 1. The number of ketones is 1. The lowest BCUT2D eigenvalue weighted by atomic mass is 9.95. The van der Waals surface area contributed by atoms with Crippen molar-refractivity contribution >= 4 is 17.4 Å². The summed E-state index contributed by atoms with van der Waals surface area (Å²) in [5.74, 6) is -0.122. The number of likely N-dealkylation sites (tertiary alicyclic amines) is 1. The first-order valence-electron chi connectivity index (χ1n) is 12.5. The predicted molar refractivity (Wildman–Crippen MR) is 136 cm³/mol. The SMILES string of the molecule is CCCCOc1ccc(C2/C(=C(\O)c3ccc(OC)cc3)C(=O)C(=O)N2CCN2CCOCC2)cc1. The standard InChI is InChI=1S/C28H34N2O6/c1-3-4-17-36-23-11-5-20(6-12-23)25-24(26(31)21-7-9-22(34-2)10-8-21)27(32)28(33)30(25)14-13-29-15-18-35-19-16-29/h5-12,25,31H,3-4,13-19H2,1-2H3/b26-24+. The maximum atomic E-state index is 13.2. The summed E-state index contributed by atoms with van der Waals surface area (Å²) in [4.78, 5) is 30.2. The van der Waals surface area contributed by atoms with Crippen molar-refractivity contribution in [3.63, 3.8) is 0 Å². The van der Waals surface area contributed by atoms with Gasteiger partial charge in [0.1, 0.15) is 17.3 Å². The maximum Gasteiger partial charge on any atom is 0.295 e. The van der Waals surface area contributed by atoms with Crippen LogP contribution in [0.4, 0.5) is 0 Å². The van der Waals surface area contributed by atoms with Gasteiger partial charge in [-0.3, -0.25) is 14.5 Å². The minimum Gasteiger partial charge on any atom is -0.507 e. The third-order valence-electron chi connectivity index (χ3n) is 6.63. The number of nitrogens with zero attached hydrogens (tertiary/aromatic N) is 2. The Morgan fingerprint density at radius 1 is 1.00 bits per heavy atom. The van der Waals surface area contributed by atoms with E-state index in [1.54, 1.807) is 36.3 Å². The number of hydrogen-bond acceptors (Lipinski definition) is 7. The first-order chi connectivity index (χ1) is 17.5. The molecule has 2 fully saturated rings. The molecule has 8 nitrogen and oxygen atoms in total. The van der Waals surface area contributed by atoms with Crippen LogP contribution in [-0.2, 0) is 14.3 Å². The molecule has 2 aromatic carbocycles. The van der Waals surface area contributed by atoms with Crippen LogP contribution in [-0.4, -0.2) is 79.7 Å². The molecule has 1 N–H and O–H groups in total. The molecule has 2 aromatic rings. The molecule has 0 spiro atoms.